The number of Topliss-reactive ketones (excluding diaryl/α,β-unsaturated/α-hetero) is 1. The number of carboxylic acid groups (broad SMARTS) is 1. The molecule has 8 heteroatoms. The van der Waals surface area contributed by atoms with E-state index in [0.29, 0.717) is 0 Å². The first-order valence-corrected chi connectivity index (χ1v) is 6.07. The molecule has 0 saturated heterocycles. The Morgan fingerprint density at radius 2 is 1.81 bits per heavy atom. The van der Waals surface area contributed by atoms with Crippen molar-refractivity contribution in [2.75, 3.05) is 6.61 Å². The van der Waals surface area contributed by atoms with Gasteiger partial charge in [0.1, 0.15) is 5.78 Å². The van der Waals surface area contributed by atoms with E-state index in [1.54, 1.807) is 0 Å². The third-order valence-electron chi connectivity index (χ3n) is 2.44. The van der Waals surface area contributed by atoms with Crippen LogP contribution in [0.1, 0.15) is 32.6 Å². The number of amides is 1. The van der Waals surface area contributed by atoms with E-state index >= 15 is 0 Å². The zero-order valence-electron chi connectivity index (χ0n) is 12.3. The first-order chi connectivity index (χ1) is 9.23. The average molecular weight is 307 g/mol. The van der Waals surface area contributed by atoms with Crippen molar-refractivity contribution in [2.45, 2.75) is 32.6 Å². The predicted molar refractivity (Wildman–Crippen MR) is 66.9 cm³/mol. The molecular formula is C13H18NNaO6. The van der Waals surface area contributed by atoms with Crippen molar-refractivity contribution in [1.29, 1.82) is 0 Å². The quantitative estimate of drug-likeness (QED) is 0.190. The van der Waals surface area contributed by atoms with E-state index in [9.17, 15) is 24.3 Å². The summed E-state index contributed by atoms with van der Waals surface area (Å²) in [5, 5.41) is 10.7. The molecule has 0 spiro atoms. The molecule has 21 heavy (non-hydrogen) atoms. The van der Waals surface area contributed by atoms with Gasteiger partial charge in [0, 0.05) is 36.7 Å². The van der Waals surface area contributed by atoms with Gasteiger partial charge >= 0.3 is 35.5 Å². The second-order valence-corrected chi connectivity index (χ2v) is 4.45. The molecule has 0 heterocycles. The molecule has 112 valence electrons. The van der Waals surface area contributed by atoms with Gasteiger partial charge < -0.3 is 20.4 Å². The van der Waals surface area contributed by atoms with Crippen molar-refractivity contribution in [1.82, 2.24) is 0 Å². The molecule has 1 atom stereocenters. The molecule has 0 fully saturated rings. The number of hydrogen-bond donors (Lipinski definition) is 1. The van der Waals surface area contributed by atoms with Crippen molar-refractivity contribution >= 4 is 23.6 Å². The first-order valence-electron chi connectivity index (χ1n) is 6.07. The fourth-order valence-electron chi connectivity index (χ4n) is 1.42. The number of ether oxygens (including phenoxy) is 1. The summed E-state index contributed by atoms with van der Waals surface area (Å²) in [7, 11) is 0. The molecule has 0 saturated carbocycles. The van der Waals surface area contributed by atoms with E-state index in [1.165, 1.54) is 6.92 Å². The molecule has 1 amide bonds. The van der Waals surface area contributed by atoms with Crippen LogP contribution in [-0.2, 0) is 23.9 Å². The molecule has 0 aliphatic rings. The van der Waals surface area contributed by atoms with Crippen LogP contribution in [-0.4, -0.2) is 30.2 Å². The maximum absolute atomic E-state index is 11.5. The molecule has 0 bridgehead atoms. The summed E-state index contributed by atoms with van der Waals surface area (Å²) in [6.45, 7) is 4.94. The number of ketones is 1. The van der Waals surface area contributed by atoms with Crippen LogP contribution in [0.3, 0.4) is 0 Å². The maximum atomic E-state index is 11.5. The Labute approximate surface area is 145 Å². The van der Waals surface area contributed by atoms with E-state index in [0.717, 1.165) is 0 Å². The van der Waals surface area contributed by atoms with Crippen LogP contribution >= 0.6 is 0 Å². The minimum absolute atomic E-state index is 0. The Balaban J connectivity index is 0. The maximum Gasteiger partial charge on any atom is 1.00 e. The van der Waals surface area contributed by atoms with E-state index in [2.05, 4.69) is 6.58 Å². The third-order valence-corrected chi connectivity index (χ3v) is 2.44. The number of carboxylic acids is 1. The van der Waals surface area contributed by atoms with Gasteiger partial charge in [-0.1, -0.05) is 6.58 Å². The Morgan fingerprint density at radius 1 is 1.24 bits per heavy atom. The van der Waals surface area contributed by atoms with Crippen molar-refractivity contribution in [3.05, 3.63) is 12.2 Å². The van der Waals surface area contributed by atoms with E-state index < -0.39 is 30.2 Å². The Kier molecular flexibility index (Phi) is 12.1. The molecule has 7 nitrogen and oxygen atoms in total. The Morgan fingerprint density at radius 3 is 2.24 bits per heavy atom. The molecule has 1 unspecified atom stereocenters. The average Bonchev–Trinajstić information content (AvgIpc) is 2.32. The number of aliphatic carboxylic acids is 1. The number of rotatable bonds is 10. The van der Waals surface area contributed by atoms with Crippen molar-refractivity contribution in [3.8, 4) is 0 Å². The molecule has 0 aromatic carbocycles. The normalized spacial score (nSPS) is 10.9. The van der Waals surface area contributed by atoms with Crippen LogP contribution < -0.4 is 40.4 Å². The monoisotopic (exact) mass is 307 g/mol. The second-order valence-electron chi connectivity index (χ2n) is 4.45. The molecule has 2 N–H and O–H groups in total. The van der Waals surface area contributed by atoms with Crippen molar-refractivity contribution in [3.63, 3.8) is 0 Å². The van der Waals surface area contributed by atoms with Crippen LogP contribution in [0, 0.1) is 5.92 Å². The molecule has 0 rings (SSSR count). The van der Waals surface area contributed by atoms with Crippen molar-refractivity contribution < 1.29 is 58.6 Å². The van der Waals surface area contributed by atoms with Gasteiger partial charge in [-0.05, 0) is 13.3 Å². The molecule has 0 aromatic heterocycles. The first kappa shape index (κ1) is 22.1. The zero-order chi connectivity index (χ0) is 15.7. The van der Waals surface area contributed by atoms with Gasteiger partial charge in [0.05, 0.1) is 6.61 Å². The SMILES string of the molecule is C=C(C)C(=O)OCCCC(=O)CC(CC(N)=O)C(=O)[O-].[Na+]. The Hall–Kier alpha value is -1.18. The van der Waals surface area contributed by atoms with Crippen LogP contribution in [0.4, 0.5) is 0 Å². The fraction of sp³-hybridized carbons (Fsp3) is 0.538. The van der Waals surface area contributed by atoms with E-state index in [1.807, 2.05) is 0 Å². The number of carbonyl (C=O) groups excluding carboxylic acids is 4. The van der Waals surface area contributed by atoms with Gasteiger partial charge in [0.15, 0.2) is 0 Å². The van der Waals surface area contributed by atoms with Gasteiger partial charge in [-0.2, -0.15) is 0 Å². The smallest absolute Gasteiger partial charge is 0.550 e. The molecule has 0 aromatic rings. The van der Waals surface area contributed by atoms with Crippen LogP contribution in [0.25, 0.3) is 0 Å². The summed E-state index contributed by atoms with van der Waals surface area (Å²) >= 11 is 0. The summed E-state index contributed by atoms with van der Waals surface area (Å²) in [6.07, 6.45) is -0.432. The summed E-state index contributed by atoms with van der Waals surface area (Å²) in [6, 6.07) is 0. The fourth-order valence-corrected chi connectivity index (χ4v) is 1.42. The topological polar surface area (TPSA) is 127 Å². The molecule has 0 radical (unpaired) electrons. The number of primary amides is 1. The summed E-state index contributed by atoms with van der Waals surface area (Å²) in [5.74, 6) is -4.39. The van der Waals surface area contributed by atoms with Crippen LogP contribution in [0.2, 0.25) is 0 Å². The standard InChI is InChI=1S/C13H19NO6.Na/c1-8(2)13(19)20-5-3-4-10(15)6-9(12(17)18)7-11(14)16;/h9H,1,3-7H2,2H3,(H2,14,16)(H,17,18);/q;+1/p-1. The van der Waals surface area contributed by atoms with E-state index in [-0.39, 0.29) is 66.8 Å². The predicted octanol–water partition coefficient (Wildman–Crippen LogP) is -3.91. The molecule has 0 aliphatic heterocycles. The number of nitrogens with two attached hydrogens (primary N) is 1. The Bertz CT molecular complexity index is 421. The third kappa shape index (κ3) is 11.2. The summed E-state index contributed by atoms with van der Waals surface area (Å²) in [5.41, 5.74) is 5.14. The van der Waals surface area contributed by atoms with Gasteiger partial charge in [0.2, 0.25) is 5.91 Å². The van der Waals surface area contributed by atoms with Gasteiger partial charge in [0.25, 0.3) is 0 Å². The second kappa shape index (κ2) is 11.5. The molecular weight excluding hydrogens is 289 g/mol. The van der Waals surface area contributed by atoms with Gasteiger partial charge in [-0.3, -0.25) is 9.59 Å². The minimum atomic E-state index is -1.48. The van der Waals surface area contributed by atoms with Crippen LogP contribution in [0.5, 0.6) is 0 Å². The summed E-state index contributed by atoms with van der Waals surface area (Å²) < 4.78 is 4.78. The largest absolute Gasteiger partial charge is 1.00 e. The number of esters is 1. The zero-order valence-corrected chi connectivity index (χ0v) is 14.3. The molecule has 0 aliphatic carbocycles. The van der Waals surface area contributed by atoms with Crippen LogP contribution in [0.15, 0.2) is 12.2 Å². The van der Waals surface area contributed by atoms with Gasteiger partial charge in [-0.15, -0.1) is 0 Å². The minimum Gasteiger partial charge on any atom is -0.550 e. The summed E-state index contributed by atoms with van der Waals surface area (Å²) in [4.78, 5) is 43.9. The van der Waals surface area contributed by atoms with Gasteiger partial charge in [-0.25, -0.2) is 4.79 Å². The number of carbonyl (C=O) groups is 4. The van der Waals surface area contributed by atoms with Crippen molar-refractivity contribution in [2.24, 2.45) is 11.7 Å². The number of hydrogen-bond acceptors (Lipinski definition) is 6. The van der Waals surface area contributed by atoms with E-state index in [4.69, 9.17) is 10.5 Å².